The number of aryl methyl sites for hydroxylation is 1. The summed E-state index contributed by atoms with van der Waals surface area (Å²) in [6.45, 7) is 1.66. The van der Waals surface area contributed by atoms with Gasteiger partial charge in [-0.25, -0.2) is 13.4 Å². The maximum absolute atomic E-state index is 11.8. The normalized spacial score (nSPS) is 11.4. The minimum Gasteiger partial charge on any atom is -0.384 e. The fraction of sp³-hybridized carbons (Fsp3) is 0.111. The van der Waals surface area contributed by atoms with E-state index >= 15 is 0 Å². The number of nitrogen functional groups attached to an aromatic ring is 1. The summed E-state index contributed by atoms with van der Waals surface area (Å²) in [5.74, 6) is 0.888. The lowest BCUT2D eigenvalue weighted by Crippen LogP contribution is -2.13. The Morgan fingerprint density at radius 3 is 2.71 bits per heavy atom. The summed E-state index contributed by atoms with van der Waals surface area (Å²) in [5.41, 5.74) is 5.37. The fourth-order valence-electron chi connectivity index (χ4n) is 1.16. The Morgan fingerprint density at radius 2 is 2.18 bits per heavy atom. The van der Waals surface area contributed by atoms with Crippen molar-refractivity contribution in [2.75, 3.05) is 10.5 Å². The zero-order chi connectivity index (χ0) is 12.5. The predicted molar refractivity (Wildman–Crippen MR) is 60.7 cm³/mol. The third-order valence-corrected chi connectivity index (χ3v) is 3.28. The third kappa shape index (κ3) is 2.53. The van der Waals surface area contributed by atoms with Crippen molar-refractivity contribution in [2.24, 2.45) is 0 Å². The van der Waals surface area contributed by atoms with Crippen molar-refractivity contribution in [3.63, 3.8) is 0 Å². The largest absolute Gasteiger partial charge is 0.384 e. The van der Waals surface area contributed by atoms with Crippen LogP contribution in [0.4, 0.5) is 11.6 Å². The highest BCUT2D eigenvalue weighted by Crippen LogP contribution is 2.15. The SMILES string of the molecule is Cc1cc(NS(=O)(=O)c2ccc(N)nc2)no1. The van der Waals surface area contributed by atoms with Crippen molar-refractivity contribution in [1.82, 2.24) is 10.1 Å². The van der Waals surface area contributed by atoms with Crippen molar-refractivity contribution < 1.29 is 12.9 Å². The number of nitrogens with two attached hydrogens (primary N) is 1. The zero-order valence-corrected chi connectivity index (χ0v) is 9.73. The van der Waals surface area contributed by atoms with Gasteiger partial charge < -0.3 is 10.3 Å². The number of nitrogens with zero attached hydrogens (tertiary/aromatic N) is 2. The Bertz CT molecular complexity index is 618. The highest BCUT2D eigenvalue weighted by molar-refractivity contribution is 7.92. The molecule has 3 N–H and O–H groups in total. The second-order valence-electron chi connectivity index (χ2n) is 3.35. The second-order valence-corrected chi connectivity index (χ2v) is 5.03. The molecule has 2 rings (SSSR count). The van der Waals surface area contributed by atoms with Gasteiger partial charge in [-0.1, -0.05) is 5.16 Å². The first-order chi connectivity index (χ1) is 7.97. The number of hydrogen-bond donors (Lipinski definition) is 2. The molecule has 8 heteroatoms. The monoisotopic (exact) mass is 254 g/mol. The Labute approximate surface area is 97.7 Å². The van der Waals surface area contributed by atoms with E-state index in [-0.39, 0.29) is 16.5 Å². The summed E-state index contributed by atoms with van der Waals surface area (Å²) in [6.07, 6.45) is 1.17. The molecule has 2 aromatic heterocycles. The lowest BCUT2D eigenvalue weighted by atomic mass is 10.5. The van der Waals surface area contributed by atoms with Gasteiger partial charge in [0.15, 0.2) is 5.82 Å². The van der Waals surface area contributed by atoms with Crippen LogP contribution >= 0.6 is 0 Å². The molecule has 0 aliphatic heterocycles. The Hall–Kier alpha value is -2.09. The zero-order valence-electron chi connectivity index (χ0n) is 8.91. The van der Waals surface area contributed by atoms with Crippen molar-refractivity contribution in [3.05, 3.63) is 30.2 Å². The van der Waals surface area contributed by atoms with Crippen LogP contribution in [0.2, 0.25) is 0 Å². The molecule has 90 valence electrons. The summed E-state index contributed by atoms with van der Waals surface area (Å²) in [4.78, 5) is 3.71. The van der Waals surface area contributed by atoms with E-state index < -0.39 is 10.0 Å². The first kappa shape index (κ1) is 11.4. The molecule has 2 aromatic rings. The van der Waals surface area contributed by atoms with Gasteiger partial charge in [0.25, 0.3) is 10.0 Å². The molecular weight excluding hydrogens is 244 g/mol. The smallest absolute Gasteiger partial charge is 0.264 e. The van der Waals surface area contributed by atoms with E-state index in [0.29, 0.717) is 5.76 Å². The minimum absolute atomic E-state index is 0.00681. The van der Waals surface area contributed by atoms with Crippen molar-refractivity contribution in [2.45, 2.75) is 11.8 Å². The maximum atomic E-state index is 11.8. The van der Waals surface area contributed by atoms with Gasteiger partial charge in [0.2, 0.25) is 0 Å². The number of anilines is 2. The van der Waals surface area contributed by atoms with E-state index in [0.717, 1.165) is 0 Å². The first-order valence-electron chi connectivity index (χ1n) is 4.65. The van der Waals surface area contributed by atoms with Crippen LogP contribution in [-0.4, -0.2) is 18.6 Å². The molecule has 0 aromatic carbocycles. The molecule has 0 unspecified atom stereocenters. The van der Waals surface area contributed by atoms with Crippen LogP contribution in [0, 0.1) is 6.92 Å². The van der Waals surface area contributed by atoms with E-state index in [1.54, 1.807) is 6.92 Å². The lowest BCUT2D eigenvalue weighted by Gasteiger charge is -2.03. The molecule has 0 aliphatic carbocycles. The number of nitrogens with one attached hydrogen (secondary N) is 1. The molecule has 0 bridgehead atoms. The highest BCUT2D eigenvalue weighted by atomic mass is 32.2. The highest BCUT2D eigenvalue weighted by Gasteiger charge is 2.16. The molecule has 0 saturated heterocycles. The van der Waals surface area contributed by atoms with Gasteiger partial charge in [-0.15, -0.1) is 0 Å². The van der Waals surface area contributed by atoms with E-state index in [2.05, 4.69) is 14.9 Å². The van der Waals surface area contributed by atoms with E-state index in [4.69, 9.17) is 10.3 Å². The van der Waals surface area contributed by atoms with E-state index in [9.17, 15) is 8.42 Å². The number of aromatic nitrogens is 2. The standard InChI is InChI=1S/C9H10N4O3S/c1-6-4-9(12-16-6)13-17(14,15)7-2-3-8(10)11-5-7/h2-5H,1H3,(H2,10,11)(H,12,13). The van der Waals surface area contributed by atoms with Crippen molar-refractivity contribution >= 4 is 21.7 Å². The van der Waals surface area contributed by atoms with Crippen molar-refractivity contribution in [3.8, 4) is 0 Å². The van der Waals surface area contributed by atoms with Gasteiger partial charge in [-0.2, -0.15) is 0 Å². The molecular formula is C9H10N4O3S. The maximum Gasteiger partial charge on any atom is 0.264 e. The van der Waals surface area contributed by atoms with Gasteiger partial charge in [-0.3, -0.25) is 4.72 Å². The average molecular weight is 254 g/mol. The molecule has 0 saturated carbocycles. The average Bonchev–Trinajstić information content (AvgIpc) is 2.63. The van der Waals surface area contributed by atoms with Crippen LogP contribution in [0.15, 0.2) is 33.8 Å². The molecule has 0 spiro atoms. The molecule has 17 heavy (non-hydrogen) atoms. The van der Waals surface area contributed by atoms with Crippen LogP contribution in [0.5, 0.6) is 0 Å². The predicted octanol–water partition coefficient (Wildman–Crippen LogP) is 0.761. The summed E-state index contributed by atoms with van der Waals surface area (Å²) in [5, 5.41) is 3.53. The molecule has 0 radical (unpaired) electrons. The quantitative estimate of drug-likeness (QED) is 0.836. The summed E-state index contributed by atoms with van der Waals surface area (Å²) < 4.78 is 30.7. The molecule has 0 atom stereocenters. The van der Waals surface area contributed by atoms with Gasteiger partial charge >= 0.3 is 0 Å². The number of pyridine rings is 1. The lowest BCUT2D eigenvalue weighted by molar-refractivity contribution is 0.400. The summed E-state index contributed by atoms with van der Waals surface area (Å²) in [6, 6.07) is 4.24. The van der Waals surface area contributed by atoms with E-state index in [1.807, 2.05) is 0 Å². The van der Waals surface area contributed by atoms with Crippen LogP contribution in [0.25, 0.3) is 0 Å². The molecule has 2 heterocycles. The Morgan fingerprint density at radius 1 is 1.41 bits per heavy atom. The molecule has 0 fully saturated rings. The Balaban J connectivity index is 2.28. The minimum atomic E-state index is -3.71. The molecule has 0 amide bonds. The number of hydrogen-bond acceptors (Lipinski definition) is 6. The third-order valence-electron chi connectivity index (χ3n) is 1.94. The summed E-state index contributed by atoms with van der Waals surface area (Å²) in [7, 11) is -3.71. The van der Waals surface area contributed by atoms with Crippen LogP contribution in [0.1, 0.15) is 5.76 Å². The van der Waals surface area contributed by atoms with Crippen LogP contribution in [-0.2, 0) is 10.0 Å². The van der Waals surface area contributed by atoms with Crippen LogP contribution in [0.3, 0.4) is 0 Å². The Kier molecular flexibility index (Phi) is 2.72. The molecule has 0 aliphatic rings. The van der Waals surface area contributed by atoms with Crippen LogP contribution < -0.4 is 10.5 Å². The first-order valence-corrected chi connectivity index (χ1v) is 6.13. The number of rotatable bonds is 3. The van der Waals surface area contributed by atoms with Gasteiger partial charge in [0.1, 0.15) is 16.5 Å². The summed E-state index contributed by atoms with van der Waals surface area (Å²) >= 11 is 0. The van der Waals surface area contributed by atoms with Crippen molar-refractivity contribution in [1.29, 1.82) is 0 Å². The van der Waals surface area contributed by atoms with Gasteiger partial charge in [0.05, 0.1) is 0 Å². The molecule has 7 nitrogen and oxygen atoms in total. The van der Waals surface area contributed by atoms with E-state index in [1.165, 1.54) is 24.4 Å². The van der Waals surface area contributed by atoms with Gasteiger partial charge in [0, 0.05) is 12.3 Å². The number of sulfonamides is 1. The fourth-order valence-corrected chi connectivity index (χ4v) is 2.09. The van der Waals surface area contributed by atoms with Gasteiger partial charge in [-0.05, 0) is 19.1 Å². The topological polar surface area (TPSA) is 111 Å². The second kappa shape index (κ2) is 4.06.